The average Bonchev–Trinajstić information content (AvgIpc) is 2.71. The molecule has 1 aliphatic rings. The minimum atomic E-state index is -0.434. The Morgan fingerprint density at radius 1 is 1.33 bits per heavy atom. The van der Waals surface area contributed by atoms with Gasteiger partial charge >= 0.3 is 0 Å². The Balaban J connectivity index is 1.88. The molecule has 1 amide bonds. The molecule has 1 saturated heterocycles. The summed E-state index contributed by atoms with van der Waals surface area (Å²) in [4.78, 5) is 22.7. The van der Waals surface area contributed by atoms with Crippen LogP contribution in [0.1, 0.15) is 31.2 Å². The highest BCUT2D eigenvalue weighted by Crippen LogP contribution is 2.09. The van der Waals surface area contributed by atoms with E-state index in [0.29, 0.717) is 6.61 Å². The summed E-state index contributed by atoms with van der Waals surface area (Å²) in [7, 11) is 0. The van der Waals surface area contributed by atoms with E-state index in [2.05, 4.69) is 10.6 Å². The molecule has 5 heteroatoms. The van der Waals surface area contributed by atoms with Gasteiger partial charge in [0.15, 0.2) is 0 Å². The molecule has 0 aromatic heterocycles. The first-order valence-corrected chi connectivity index (χ1v) is 7.42. The zero-order chi connectivity index (χ0) is 14.9. The molecule has 2 N–H and O–H groups in total. The molecular formula is C16H22N2O3. The Hall–Kier alpha value is -1.72. The van der Waals surface area contributed by atoms with Gasteiger partial charge in [0.1, 0.15) is 12.5 Å². The Kier molecular flexibility index (Phi) is 6.37. The molecule has 114 valence electrons. The maximum absolute atomic E-state index is 11.9. The molecule has 1 aromatic carbocycles. The van der Waals surface area contributed by atoms with Crippen LogP contribution in [0, 0.1) is 0 Å². The van der Waals surface area contributed by atoms with Crippen molar-refractivity contribution in [3.63, 3.8) is 0 Å². The van der Waals surface area contributed by atoms with E-state index >= 15 is 0 Å². The van der Waals surface area contributed by atoms with Gasteiger partial charge in [-0.3, -0.25) is 10.1 Å². The molecule has 1 aromatic rings. The van der Waals surface area contributed by atoms with Gasteiger partial charge in [0, 0.05) is 13.0 Å². The summed E-state index contributed by atoms with van der Waals surface area (Å²) in [5, 5.41) is 6.02. The predicted molar refractivity (Wildman–Crippen MR) is 79.5 cm³/mol. The fourth-order valence-electron chi connectivity index (χ4n) is 2.37. The first-order chi connectivity index (χ1) is 10.3. The molecule has 0 spiro atoms. The number of carbonyl (C=O) groups excluding carboxylic acids is 2. The molecule has 1 fully saturated rings. The molecule has 1 unspecified atom stereocenters. The smallest absolute Gasteiger partial charge is 0.237 e. The average molecular weight is 290 g/mol. The van der Waals surface area contributed by atoms with Crippen LogP contribution in [0.3, 0.4) is 0 Å². The number of carbonyl (C=O) groups is 2. The van der Waals surface area contributed by atoms with Crippen LogP contribution in [0.25, 0.3) is 0 Å². The van der Waals surface area contributed by atoms with Gasteiger partial charge in [-0.1, -0.05) is 30.3 Å². The van der Waals surface area contributed by atoms with Crippen LogP contribution in [0.5, 0.6) is 0 Å². The number of benzene rings is 1. The van der Waals surface area contributed by atoms with Gasteiger partial charge in [-0.05, 0) is 24.8 Å². The van der Waals surface area contributed by atoms with Gasteiger partial charge in [0.25, 0.3) is 0 Å². The normalized spacial score (nSPS) is 20.4. The fourth-order valence-corrected chi connectivity index (χ4v) is 2.37. The van der Waals surface area contributed by atoms with E-state index in [9.17, 15) is 9.59 Å². The van der Waals surface area contributed by atoms with Crippen LogP contribution in [-0.4, -0.2) is 31.0 Å². The Labute approximate surface area is 125 Å². The highest BCUT2D eigenvalue weighted by Gasteiger charge is 2.23. The second kappa shape index (κ2) is 8.54. The zero-order valence-electron chi connectivity index (χ0n) is 12.1. The molecule has 21 heavy (non-hydrogen) atoms. The minimum absolute atomic E-state index is 0.00768. The molecule has 0 bridgehead atoms. The van der Waals surface area contributed by atoms with Gasteiger partial charge < -0.3 is 14.8 Å². The van der Waals surface area contributed by atoms with E-state index in [1.807, 2.05) is 30.3 Å². The summed E-state index contributed by atoms with van der Waals surface area (Å²) in [5.74, 6) is -0.00768. The van der Waals surface area contributed by atoms with E-state index in [0.717, 1.165) is 37.7 Å². The number of ether oxygens (including phenoxy) is 1. The summed E-state index contributed by atoms with van der Waals surface area (Å²) in [5.41, 5.74) is 1.04. The maximum Gasteiger partial charge on any atom is 0.237 e. The molecule has 0 radical (unpaired) electrons. The van der Waals surface area contributed by atoms with Crippen molar-refractivity contribution in [1.29, 1.82) is 0 Å². The number of amides is 1. The first kappa shape index (κ1) is 15.7. The minimum Gasteiger partial charge on any atom is -0.358 e. The lowest BCUT2D eigenvalue weighted by atomic mass is 10.1. The second-order valence-corrected chi connectivity index (χ2v) is 5.19. The summed E-state index contributed by atoms with van der Waals surface area (Å²) >= 11 is 0. The van der Waals surface area contributed by atoms with E-state index in [1.165, 1.54) is 0 Å². The predicted octanol–water partition coefficient (Wildman–Crippen LogP) is 1.38. The number of hydrogen-bond acceptors (Lipinski definition) is 4. The highest BCUT2D eigenvalue weighted by atomic mass is 16.5. The molecular weight excluding hydrogens is 268 g/mol. The summed E-state index contributed by atoms with van der Waals surface area (Å²) in [6.07, 6.45) is 3.37. The molecule has 0 aliphatic carbocycles. The number of hydrogen-bond donors (Lipinski definition) is 2. The summed E-state index contributed by atoms with van der Waals surface area (Å²) < 4.78 is 5.74. The van der Waals surface area contributed by atoms with Crippen LogP contribution in [0.15, 0.2) is 30.3 Å². The quantitative estimate of drug-likeness (QED) is 0.588. The maximum atomic E-state index is 11.9. The fraction of sp³-hybridized carbons (Fsp3) is 0.500. The third kappa shape index (κ3) is 5.28. The van der Waals surface area contributed by atoms with Crippen molar-refractivity contribution in [3.05, 3.63) is 35.9 Å². The molecule has 1 aliphatic heterocycles. The standard InChI is InChI=1S/C16H22N2O3/c19-11-9-15(21-12-13-6-2-1-3-7-13)18-14-8-4-5-10-17-16(14)20/h1-3,6-7,11,14-15,18H,4-5,8-10,12H2,(H,17,20)/t14-,15?/m0/s1. The van der Waals surface area contributed by atoms with Crippen LogP contribution in [-0.2, 0) is 20.9 Å². The van der Waals surface area contributed by atoms with Gasteiger partial charge in [0.05, 0.1) is 12.6 Å². The van der Waals surface area contributed by atoms with Crippen LogP contribution >= 0.6 is 0 Å². The molecule has 2 rings (SSSR count). The summed E-state index contributed by atoms with van der Waals surface area (Å²) in [6.45, 7) is 1.14. The molecule has 5 nitrogen and oxygen atoms in total. The second-order valence-electron chi connectivity index (χ2n) is 5.19. The number of nitrogens with one attached hydrogen (secondary N) is 2. The van der Waals surface area contributed by atoms with Crippen molar-refractivity contribution < 1.29 is 14.3 Å². The van der Waals surface area contributed by atoms with Crippen molar-refractivity contribution in [2.45, 2.75) is 44.6 Å². The van der Waals surface area contributed by atoms with Gasteiger partial charge in [-0.25, -0.2) is 0 Å². The first-order valence-electron chi connectivity index (χ1n) is 7.42. The summed E-state index contributed by atoms with van der Waals surface area (Å²) in [6, 6.07) is 9.49. The van der Waals surface area contributed by atoms with Gasteiger partial charge in [-0.15, -0.1) is 0 Å². The van der Waals surface area contributed by atoms with Crippen molar-refractivity contribution >= 4 is 12.2 Å². The largest absolute Gasteiger partial charge is 0.358 e. The number of aldehydes is 1. The van der Waals surface area contributed by atoms with E-state index in [1.54, 1.807) is 0 Å². The lowest BCUT2D eigenvalue weighted by Gasteiger charge is -2.23. The Morgan fingerprint density at radius 2 is 2.14 bits per heavy atom. The van der Waals surface area contributed by atoms with Gasteiger partial charge in [0.2, 0.25) is 5.91 Å². The monoisotopic (exact) mass is 290 g/mol. The molecule has 0 saturated carbocycles. The van der Waals surface area contributed by atoms with E-state index < -0.39 is 6.23 Å². The Morgan fingerprint density at radius 3 is 2.90 bits per heavy atom. The van der Waals surface area contributed by atoms with E-state index in [-0.39, 0.29) is 18.4 Å². The van der Waals surface area contributed by atoms with Gasteiger partial charge in [-0.2, -0.15) is 0 Å². The lowest BCUT2D eigenvalue weighted by Crippen LogP contribution is -2.48. The molecule has 1 heterocycles. The Bertz CT molecular complexity index is 450. The van der Waals surface area contributed by atoms with Crippen molar-refractivity contribution in [2.24, 2.45) is 0 Å². The third-order valence-electron chi connectivity index (χ3n) is 3.53. The van der Waals surface area contributed by atoms with Crippen LogP contribution < -0.4 is 10.6 Å². The third-order valence-corrected chi connectivity index (χ3v) is 3.53. The van der Waals surface area contributed by atoms with Crippen LogP contribution in [0.2, 0.25) is 0 Å². The van der Waals surface area contributed by atoms with Crippen LogP contribution in [0.4, 0.5) is 0 Å². The van der Waals surface area contributed by atoms with E-state index in [4.69, 9.17) is 4.74 Å². The SMILES string of the molecule is O=CCC(N[C@H]1CCCCNC1=O)OCc1ccccc1. The van der Waals surface area contributed by atoms with Crippen molar-refractivity contribution in [2.75, 3.05) is 6.54 Å². The zero-order valence-corrected chi connectivity index (χ0v) is 12.1. The highest BCUT2D eigenvalue weighted by molar-refractivity contribution is 5.81. The van der Waals surface area contributed by atoms with Crippen molar-refractivity contribution in [1.82, 2.24) is 10.6 Å². The topological polar surface area (TPSA) is 67.4 Å². The molecule has 2 atom stereocenters. The van der Waals surface area contributed by atoms with Crippen molar-refractivity contribution in [3.8, 4) is 0 Å². The lowest BCUT2D eigenvalue weighted by molar-refractivity contribution is -0.125. The number of rotatable bonds is 7.